The summed E-state index contributed by atoms with van der Waals surface area (Å²) in [6, 6.07) is 9.30. The van der Waals surface area contributed by atoms with Crippen molar-refractivity contribution in [3.05, 3.63) is 52.5 Å². The number of phenols is 1. The standard InChI is InChI=1S/C28H30ClF3N2O8/c1-26(42-25(38)28(30,31)32)15-34(40-16-26)24(37)21-4-3-19(35)11-23(21)39-14-20(36)13-33-8-6-27(7-9-33)12-17-10-18(29)2-5-22(17)41-27/h2-5,10-11,20,35-36H,6-9,12-16H2,1H3/t20-,26+/m0/s1. The number of halogens is 4. The number of benzene rings is 2. The molecule has 2 fully saturated rings. The van der Waals surface area contributed by atoms with E-state index >= 15 is 0 Å². The summed E-state index contributed by atoms with van der Waals surface area (Å²) in [7, 11) is 0. The lowest BCUT2D eigenvalue weighted by molar-refractivity contribution is -0.211. The number of amides is 1. The van der Waals surface area contributed by atoms with Gasteiger partial charge in [0.15, 0.2) is 5.60 Å². The molecule has 0 bridgehead atoms. The molecular weight excluding hydrogens is 585 g/mol. The third-order valence-electron chi connectivity index (χ3n) is 7.53. The quantitative estimate of drug-likeness (QED) is 0.452. The molecule has 3 aliphatic heterocycles. The summed E-state index contributed by atoms with van der Waals surface area (Å²) < 4.78 is 54.4. The molecule has 1 spiro atoms. The summed E-state index contributed by atoms with van der Waals surface area (Å²) in [6.45, 7) is 1.76. The lowest BCUT2D eigenvalue weighted by atomic mass is 9.87. The van der Waals surface area contributed by atoms with Gasteiger partial charge in [0.1, 0.15) is 42.2 Å². The van der Waals surface area contributed by atoms with Gasteiger partial charge in [0.2, 0.25) is 0 Å². The zero-order valence-corrected chi connectivity index (χ0v) is 23.4. The average molecular weight is 615 g/mol. The SMILES string of the molecule is C[C@]1(OC(=O)C(F)(F)F)CON(C(=O)c2ccc(O)cc2OC[C@@H](O)CN2CCC3(CC2)Cc2cc(Cl)ccc2O3)C1. The van der Waals surface area contributed by atoms with Gasteiger partial charge < -0.3 is 29.3 Å². The number of nitrogens with zero attached hydrogens (tertiary/aromatic N) is 2. The van der Waals surface area contributed by atoms with Gasteiger partial charge in [-0.1, -0.05) is 11.6 Å². The zero-order chi connectivity index (χ0) is 30.3. The molecule has 10 nitrogen and oxygen atoms in total. The van der Waals surface area contributed by atoms with E-state index in [0.717, 1.165) is 35.6 Å². The van der Waals surface area contributed by atoms with E-state index < -0.39 is 42.9 Å². The first-order valence-corrected chi connectivity index (χ1v) is 13.7. The molecule has 0 aliphatic carbocycles. The highest BCUT2D eigenvalue weighted by Gasteiger charge is 2.49. The van der Waals surface area contributed by atoms with E-state index in [1.165, 1.54) is 25.1 Å². The van der Waals surface area contributed by atoms with Gasteiger partial charge in [0, 0.05) is 50.0 Å². The summed E-state index contributed by atoms with van der Waals surface area (Å²) in [4.78, 5) is 31.7. The van der Waals surface area contributed by atoms with Crippen LogP contribution in [0.15, 0.2) is 36.4 Å². The van der Waals surface area contributed by atoms with E-state index in [2.05, 4.69) is 9.64 Å². The van der Waals surface area contributed by atoms with Gasteiger partial charge in [0.05, 0.1) is 12.1 Å². The second-order valence-electron chi connectivity index (χ2n) is 11.1. The minimum Gasteiger partial charge on any atom is -0.508 e. The molecule has 2 aromatic rings. The maximum atomic E-state index is 13.1. The maximum Gasteiger partial charge on any atom is 0.490 e. The molecule has 3 heterocycles. The van der Waals surface area contributed by atoms with Crippen LogP contribution < -0.4 is 9.47 Å². The highest BCUT2D eigenvalue weighted by Crippen LogP contribution is 2.42. The number of rotatable bonds is 7. The molecule has 2 saturated heterocycles. The molecule has 0 unspecified atom stereocenters. The van der Waals surface area contributed by atoms with Crippen LogP contribution in [0.5, 0.6) is 17.2 Å². The van der Waals surface area contributed by atoms with Crippen molar-refractivity contribution in [1.29, 1.82) is 0 Å². The van der Waals surface area contributed by atoms with Crippen LogP contribution in [0.4, 0.5) is 13.2 Å². The Kier molecular flexibility index (Phi) is 8.23. The first-order chi connectivity index (χ1) is 19.7. The van der Waals surface area contributed by atoms with E-state index in [9.17, 15) is 33.0 Å². The van der Waals surface area contributed by atoms with Crippen LogP contribution in [-0.2, 0) is 20.8 Å². The number of fused-ring (bicyclic) bond motifs is 1. The van der Waals surface area contributed by atoms with Crippen molar-refractivity contribution < 1.29 is 52.0 Å². The van der Waals surface area contributed by atoms with Crippen molar-refractivity contribution in [2.75, 3.05) is 39.4 Å². The number of hydrogen-bond donors (Lipinski definition) is 2. The number of aromatic hydroxyl groups is 1. The van der Waals surface area contributed by atoms with E-state index in [-0.39, 0.29) is 29.3 Å². The van der Waals surface area contributed by atoms with Gasteiger partial charge in [-0.15, -0.1) is 0 Å². The average Bonchev–Trinajstić information content (AvgIpc) is 3.48. The van der Waals surface area contributed by atoms with Crippen molar-refractivity contribution in [3.8, 4) is 17.2 Å². The second-order valence-corrected chi connectivity index (χ2v) is 11.5. The largest absolute Gasteiger partial charge is 0.508 e. The highest BCUT2D eigenvalue weighted by atomic mass is 35.5. The van der Waals surface area contributed by atoms with Gasteiger partial charge in [-0.05, 0) is 42.8 Å². The lowest BCUT2D eigenvalue weighted by Crippen LogP contribution is -2.49. The predicted molar refractivity (Wildman–Crippen MR) is 141 cm³/mol. The van der Waals surface area contributed by atoms with Crippen LogP contribution in [0.3, 0.4) is 0 Å². The number of β-amino-alcohol motifs (C(OH)–C–C–N with tert-alkyl or cyclic N) is 1. The Balaban J connectivity index is 1.14. The first kappa shape index (κ1) is 30.2. The van der Waals surface area contributed by atoms with Crippen LogP contribution in [0.25, 0.3) is 0 Å². The Labute approximate surface area is 244 Å². The summed E-state index contributed by atoms with van der Waals surface area (Å²) in [6.07, 6.45) is -3.81. The summed E-state index contributed by atoms with van der Waals surface area (Å²) >= 11 is 6.12. The van der Waals surface area contributed by atoms with Gasteiger partial charge in [-0.3, -0.25) is 9.63 Å². The number of carbonyl (C=O) groups is 2. The molecule has 1 amide bonds. The van der Waals surface area contributed by atoms with Crippen molar-refractivity contribution >= 4 is 23.5 Å². The number of likely N-dealkylation sites (tertiary alicyclic amines) is 1. The molecule has 5 rings (SSSR count). The van der Waals surface area contributed by atoms with Crippen molar-refractivity contribution in [3.63, 3.8) is 0 Å². The molecule has 0 radical (unpaired) electrons. The molecule has 2 atom stereocenters. The fourth-order valence-electron chi connectivity index (χ4n) is 5.39. The molecular formula is C28H30ClF3N2O8. The summed E-state index contributed by atoms with van der Waals surface area (Å²) in [5.74, 6) is -2.59. The van der Waals surface area contributed by atoms with Crippen molar-refractivity contribution in [2.45, 2.75) is 49.7 Å². The fraction of sp³-hybridized carbons (Fsp3) is 0.500. The molecule has 0 aromatic heterocycles. The maximum absolute atomic E-state index is 13.1. The van der Waals surface area contributed by atoms with Crippen LogP contribution in [-0.4, -0.2) is 94.9 Å². The fourth-order valence-corrected chi connectivity index (χ4v) is 5.58. The molecule has 228 valence electrons. The van der Waals surface area contributed by atoms with Crippen LogP contribution in [0.2, 0.25) is 5.02 Å². The number of carbonyl (C=O) groups excluding carboxylic acids is 2. The van der Waals surface area contributed by atoms with Crippen LogP contribution >= 0.6 is 11.6 Å². The van der Waals surface area contributed by atoms with Crippen molar-refractivity contribution in [2.24, 2.45) is 0 Å². The molecule has 42 heavy (non-hydrogen) atoms. The third kappa shape index (κ3) is 6.69. The minimum absolute atomic E-state index is 0.0584. The lowest BCUT2D eigenvalue weighted by Gasteiger charge is -2.39. The Bertz CT molecular complexity index is 1350. The molecule has 2 aromatic carbocycles. The van der Waals surface area contributed by atoms with E-state index in [0.29, 0.717) is 24.7 Å². The molecule has 0 saturated carbocycles. The smallest absolute Gasteiger partial charge is 0.490 e. The second kappa shape index (κ2) is 11.4. The Morgan fingerprint density at radius 2 is 1.90 bits per heavy atom. The number of aliphatic hydroxyl groups excluding tert-OH is 1. The topological polar surface area (TPSA) is 118 Å². The Hall–Kier alpha value is -3.26. The summed E-state index contributed by atoms with van der Waals surface area (Å²) in [5, 5.41) is 22.1. The number of alkyl halides is 3. The number of aliphatic hydroxyl groups is 1. The number of esters is 1. The van der Waals surface area contributed by atoms with Gasteiger partial charge >= 0.3 is 12.1 Å². The predicted octanol–water partition coefficient (Wildman–Crippen LogP) is 3.51. The van der Waals surface area contributed by atoms with E-state index in [4.69, 9.17) is 25.9 Å². The highest BCUT2D eigenvalue weighted by molar-refractivity contribution is 6.30. The van der Waals surface area contributed by atoms with Crippen molar-refractivity contribution in [1.82, 2.24) is 9.96 Å². The third-order valence-corrected chi connectivity index (χ3v) is 7.76. The first-order valence-electron chi connectivity index (χ1n) is 13.3. The number of ether oxygens (including phenoxy) is 3. The van der Waals surface area contributed by atoms with Crippen LogP contribution in [0, 0.1) is 0 Å². The monoisotopic (exact) mass is 614 g/mol. The Morgan fingerprint density at radius 1 is 1.17 bits per heavy atom. The number of piperidine rings is 1. The van der Waals surface area contributed by atoms with Gasteiger partial charge in [0.25, 0.3) is 5.91 Å². The molecule has 2 N–H and O–H groups in total. The van der Waals surface area contributed by atoms with E-state index in [1.54, 1.807) is 6.07 Å². The van der Waals surface area contributed by atoms with Crippen LogP contribution in [0.1, 0.15) is 35.7 Å². The van der Waals surface area contributed by atoms with Gasteiger partial charge in [-0.25, -0.2) is 9.86 Å². The number of hydroxylamine groups is 2. The van der Waals surface area contributed by atoms with E-state index in [1.807, 2.05) is 12.1 Å². The number of hydrogen-bond acceptors (Lipinski definition) is 9. The minimum atomic E-state index is -5.19. The van der Waals surface area contributed by atoms with Gasteiger partial charge in [-0.2, -0.15) is 13.2 Å². The Morgan fingerprint density at radius 3 is 2.62 bits per heavy atom. The molecule has 3 aliphatic rings. The summed E-state index contributed by atoms with van der Waals surface area (Å²) in [5.41, 5.74) is -0.986. The molecule has 14 heteroatoms. The number of phenolic OH excluding ortho intramolecular Hbond substituents is 1. The normalized spacial score (nSPS) is 22.5. The zero-order valence-electron chi connectivity index (χ0n) is 22.7.